The van der Waals surface area contributed by atoms with E-state index in [-0.39, 0.29) is 23.7 Å². The van der Waals surface area contributed by atoms with Gasteiger partial charge in [0.1, 0.15) is 11.4 Å². The van der Waals surface area contributed by atoms with E-state index in [2.05, 4.69) is 5.10 Å². The van der Waals surface area contributed by atoms with Gasteiger partial charge in [-0.05, 0) is 13.8 Å². The van der Waals surface area contributed by atoms with Crippen LogP contribution >= 0.6 is 0 Å². The number of rotatable bonds is 5. The highest BCUT2D eigenvalue weighted by Crippen LogP contribution is 2.24. The van der Waals surface area contributed by atoms with Crippen molar-refractivity contribution in [3.63, 3.8) is 0 Å². The number of methoxy groups -OCH3 is 1. The first-order valence-corrected chi connectivity index (χ1v) is 5.13. The summed E-state index contributed by atoms with van der Waals surface area (Å²) in [5.41, 5.74) is 2.39. The summed E-state index contributed by atoms with van der Waals surface area (Å²) < 4.78 is 6.15. The van der Waals surface area contributed by atoms with Gasteiger partial charge in [-0.25, -0.2) is 10.5 Å². The number of hydrazine groups is 1. The van der Waals surface area contributed by atoms with Crippen molar-refractivity contribution in [1.29, 1.82) is 0 Å². The largest absolute Gasteiger partial charge is 0.382 e. The Hall–Kier alpha value is -2.00. The summed E-state index contributed by atoms with van der Waals surface area (Å²) >= 11 is 0. The van der Waals surface area contributed by atoms with Crippen LogP contribution in [0.1, 0.15) is 17.4 Å². The Morgan fingerprint density at radius 3 is 2.67 bits per heavy atom. The van der Waals surface area contributed by atoms with Gasteiger partial charge in [-0.3, -0.25) is 20.3 Å². The average Bonchev–Trinajstić information content (AvgIpc) is 2.60. The van der Waals surface area contributed by atoms with Crippen molar-refractivity contribution in [3.8, 4) is 0 Å². The molecule has 100 valence electrons. The molecule has 1 heterocycles. The Morgan fingerprint density at radius 2 is 2.28 bits per heavy atom. The predicted octanol–water partition coefficient (Wildman–Crippen LogP) is -0.414. The molecule has 1 amide bonds. The number of hydrogen-bond acceptors (Lipinski definition) is 6. The molecule has 18 heavy (non-hydrogen) atoms. The van der Waals surface area contributed by atoms with Gasteiger partial charge in [-0.2, -0.15) is 5.10 Å². The fourth-order valence-corrected chi connectivity index (χ4v) is 1.73. The van der Waals surface area contributed by atoms with Gasteiger partial charge >= 0.3 is 5.69 Å². The number of amides is 1. The lowest BCUT2D eigenvalue weighted by molar-refractivity contribution is -0.386. The van der Waals surface area contributed by atoms with Crippen molar-refractivity contribution in [2.45, 2.75) is 19.9 Å². The van der Waals surface area contributed by atoms with E-state index < -0.39 is 16.9 Å². The van der Waals surface area contributed by atoms with Crippen LogP contribution in [0, 0.1) is 24.0 Å². The van der Waals surface area contributed by atoms with Crippen molar-refractivity contribution >= 4 is 11.6 Å². The molecule has 1 atom stereocenters. The Kier molecular flexibility index (Phi) is 4.34. The van der Waals surface area contributed by atoms with Gasteiger partial charge in [0.2, 0.25) is 0 Å². The molecule has 9 heteroatoms. The second-order valence-corrected chi connectivity index (χ2v) is 3.70. The van der Waals surface area contributed by atoms with Crippen LogP contribution in [0.2, 0.25) is 0 Å². The molecule has 0 saturated heterocycles. The zero-order valence-electron chi connectivity index (χ0n) is 10.3. The first kappa shape index (κ1) is 14.1. The van der Waals surface area contributed by atoms with Crippen LogP contribution in [-0.4, -0.2) is 34.3 Å². The molecule has 0 aromatic carbocycles. The summed E-state index contributed by atoms with van der Waals surface area (Å²) in [7, 11) is 1.41. The van der Waals surface area contributed by atoms with E-state index in [0.29, 0.717) is 0 Å². The van der Waals surface area contributed by atoms with Gasteiger partial charge in [0, 0.05) is 7.11 Å². The predicted molar refractivity (Wildman–Crippen MR) is 61.6 cm³/mol. The second-order valence-electron chi connectivity index (χ2n) is 3.70. The van der Waals surface area contributed by atoms with E-state index in [9.17, 15) is 14.9 Å². The van der Waals surface area contributed by atoms with Crippen molar-refractivity contribution < 1.29 is 14.5 Å². The van der Waals surface area contributed by atoms with Gasteiger partial charge in [0.05, 0.1) is 11.5 Å². The summed E-state index contributed by atoms with van der Waals surface area (Å²) in [4.78, 5) is 21.9. The fraction of sp³-hybridized carbons (Fsp3) is 0.556. The van der Waals surface area contributed by atoms with Crippen LogP contribution in [0.4, 0.5) is 5.69 Å². The highest BCUT2D eigenvalue weighted by molar-refractivity contribution is 5.80. The zero-order valence-corrected chi connectivity index (χ0v) is 10.3. The molecule has 1 aromatic heterocycles. The van der Waals surface area contributed by atoms with E-state index in [4.69, 9.17) is 10.6 Å². The third kappa shape index (κ3) is 2.46. The summed E-state index contributed by atoms with van der Waals surface area (Å²) in [6.07, 6.45) is 0. The number of hydrogen-bond donors (Lipinski definition) is 2. The second kappa shape index (κ2) is 5.56. The summed E-state index contributed by atoms with van der Waals surface area (Å²) in [5.74, 6) is 4.53. The van der Waals surface area contributed by atoms with E-state index >= 15 is 0 Å². The smallest absolute Gasteiger partial charge is 0.312 e. The molecular formula is C9H15N5O4. The molecule has 1 unspecified atom stereocenters. The van der Waals surface area contributed by atoms with Crippen molar-refractivity contribution in [2.24, 2.45) is 5.84 Å². The third-order valence-electron chi connectivity index (χ3n) is 2.53. The molecule has 0 radical (unpaired) electrons. The van der Waals surface area contributed by atoms with E-state index in [0.717, 1.165) is 0 Å². The first-order valence-electron chi connectivity index (χ1n) is 5.13. The number of nitrogens with two attached hydrogens (primary N) is 1. The van der Waals surface area contributed by atoms with E-state index in [1.165, 1.54) is 25.6 Å². The minimum atomic E-state index is -0.840. The molecule has 0 aliphatic rings. The van der Waals surface area contributed by atoms with Crippen LogP contribution in [0.3, 0.4) is 0 Å². The summed E-state index contributed by atoms with van der Waals surface area (Å²) in [6.45, 7) is 3.04. The zero-order chi connectivity index (χ0) is 13.9. The highest BCUT2D eigenvalue weighted by atomic mass is 16.6. The maximum absolute atomic E-state index is 11.6. The van der Waals surface area contributed by atoms with Gasteiger partial charge < -0.3 is 4.74 Å². The molecule has 0 spiro atoms. The number of aryl methyl sites for hydroxylation is 1. The summed E-state index contributed by atoms with van der Waals surface area (Å²) in [5, 5.41) is 14.9. The quantitative estimate of drug-likeness (QED) is 0.319. The highest BCUT2D eigenvalue weighted by Gasteiger charge is 2.29. The van der Waals surface area contributed by atoms with Crippen LogP contribution in [0.25, 0.3) is 0 Å². The van der Waals surface area contributed by atoms with Crippen LogP contribution in [0.5, 0.6) is 0 Å². The van der Waals surface area contributed by atoms with Gasteiger partial charge in [-0.1, -0.05) is 0 Å². The topological polar surface area (TPSA) is 125 Å². The van der Waals surface area contributed by atoms with Crippen LogP contribution in [0.15, 0.2) is 0 Å². The Bertz CT molecular complexity index is 470. The monoisotopic (exact) mass is 257 g/mol. The maximum Gasteiger partial charge on any atom is 0.312 e. The number of carbonyl (C=O) groups excluding carboxylic acids is 1. The van der Waals surface area contributed by atoms with Gasteiger partial charge in [0.25, 0.3) is 5.91 Å². The molecule has 9 nitrogen and oxygen atoms in total. The number of ether oxygens (including phenoxy) is 1. The Morgan fingerprint density at radius 1 is 1.67 bits per heavy atom. The molecule has 0 aliphatic carbocycles. The minimum absolute atomic E-state index is 0.0160. The first-order chi connectivity index (χ1) is 8.43. The van der Waals surface area contributed by atoms with E-state index in [1.807, 2.05) is 5.43 Å². The lowest BCUT2D eigenvalue weighted by Gasteiger charge is -2.15. The fourth-order valence-electron chi connectivity index (χ4n) is 1.73. The van der Waals surface area contributed by atoms with E-state index in [1.54, 1.807) is 0 Å². The Labute approximate surface area is 103 Å². The van der Waals surface area contributed by atoms with Gasteiger partial charge in [-0.15, -0.1) is 0 Å². The lowest BCUT2D eigenvalue weighted by Crippen LogP contribution is -2.39. The molecular weight excluding hydrogens is 242 g/mol. The summed E-state index contributed by atoms with van der Waals surface area (Å²) in [6, 6.07) is -0.840. The number of nitrogens with one attached hydrogen (secondary N) is 1. The third-order valence-corrected chi connectivity index (χ3v) is 2.53. The maximum atomic E-state index is 11.6. The number of nitro groups is 1. The molecule has 0 bridgehead atoms. The molecule has 1 rings (SSSR count). The van der Waals surface area contributed by atoms with Crippen molar-refractivity contribution in [1.82, 2.24) is 15.2 Å². The molecule has 1 aromatic rings. The lowest BCUT2D eigenvalue weighted by atomic mass is 10.2. The molecule has 0 saturated carbocycles. The van der Waals surface area contributed by atoms with Crippen LogP contribution < -0.4 is 11.3 Å². The Balaban J connectivity index is 3.25. The normalized spacial score (nSPS) is 12.2. The average molecular weight is 257 g/mol. The number of carbonyl (C=O) groups is 1. The SMILES string of the molecule is COCC(C(=O)NN)n1nc(C)c([N+](=O)[O-])c1C. The standard InChI is InChI=1S/C9H15N5O4/c1-5-8(14(16)17)6(2)13(12-5)7(4-18-3)9(15)11-10/h7H,4,10H2,1-3H3,(H,11,15). The minimum Gasteiger partial charge on any atom is -0.382 e. The van der Waals surface area contributed by atoms with Crippen molar-refractivity contribution in [2.75, 3.05) is 13.7 Å². The molecule has 0 fully saturated rings. The number of aromatic nitrogens is 2. The molecule has 3 N–H and O–H groups in total. The molecule has 0 aliphatic heterocycles. The van der Waals surface area contributed by atoms with Crippen LogP contribution in [-0.2, 0) is 9.53 Å². The van der Waals surface area contributed by atoms with Crippen molar-refractivity contribution in [3.05, 3.63) is 21.5 Å². The number of nitrogens with zero attached hydrogens (tertiary/aromatic N) is 3. The van der Waals surface area contributed by atoms with Gasteiger partial charge in [0.15, 0.2) is 6.04 Å².